The Morgan fingerprint density at radius 3 is 2.05 bits per heavy atom. The van der Waals surface area contributed by atoms with Crippen molar-refractivity contribution in [2.45, 2.75) is 96.0 Å². The van der Waals surface area contributed by atoms with Gasteiger partial charge in [0.15, 0.2) is 24.5 Å². The van der Waals surface area contributed by atoms with E-state index >= 15 is 0 Å². The minimum atomic E-state index is -1.51. The van der Waals surface area contributed by atoms with E-state index < -0.39 is 109 Å². The number of aromatic nitrogens is 2. The number of carbonyl (C=O) groups is 5. The van der Waals surface area contributed by atoms with Gasteiger partial charge in [-0.3, -0.25) is 38.3 Å². The highest BCUT2D eigenvalue weighted by Gasteiger charge is 2.58. The summed E-state index contributed by atoms with van der Waals surface area (Å²) in [6.45, 7) is 5.06. The quantitative estimate of drug-likeness (QED) is 0.224. The minimum absolute atomic E-state index is 0.0713. The van der Waals surface area contributed by atoms with Gasteiger partial charge in [0.1, 0.15) is 24.4 Å². The van der Waals surface area contributed by atoms with E-state index in [2.05, 4.69) is 4.98 Å². The van der Waals surface area contributed by atoms with Crippen molar-refractivity contribution in [1.29, 1.82) is 0 Å². The van der Waals surface area contributed by atoms with E-state index in [4.69, 9.17) is 42.6 Å². The second kappa shape index (κ2) is 13.7. The first kappa shape index (κ1) is 32.8. The molecule has 0 unspecified atom stereocenters. The summed E-state index contributed by atoms with van der Waals surface area (Å²) in [5.74, 6) is -3.82. The van der Waals surface area contributed by atoms with E-state index in [1.165, 1.54) is 13.1 Å². The monoisotopic (exact) mass is 628 g/mol. The van der Waals surface area contributed by atoms with Crippen LogP contribution in [0, 0.1) is 0 Å². The molecule has 3 fully saturated rings. The Labute approximate surface area is 248 Å². The molecule has 1 aromatic rings. The van der Waals surface area contributed by atoms with Crippen molar-refractivity contribution in [1.82, 2.24) is 9.55 Å². The highest BCUT2D eigenvalue weighted by atomic mass is 16.8. The number of nitrogens with one attached hydrogen (secondary N) is 1. The van der Waals surface area contributed by atoms with Gasteiger partial charge >= 0.3 is 35.5 Å². The van der Waals surface area contributed by atoms with Crippen LogP contribution in [0.5, 0.6) is 0 Å². The third-order valence-electron chi connectivity index (χ3n) is 6.72. The molecule has 4 rings (SSSR count). The van der Waals surface area contributed by atoms with Gasteiger partial charge in [0.2, 0.25) is 12.4 Å². The fourth-order valence-electron chi connectivity index (χ4n) is 5.24. The van der Waals surface area contributed by atoms with Crippen LogP contribution >= 0.6 is 0 Å². The molecule has 3 aliphatic heterocycles. The smallest absolute Gasteiger partial charge is 0.330 e. The highest BCUT2D eigenvalue weighted by molar-refractivity contribution is 5.69. The number of aromatic amines is 1. The molecule has 0 saturated carbocycles. The Kier molecular flexibility index (Phi) is 10.2. The van der Waals surface area contributed by atoms with Crippen LogP contribution in [0.25, 0.3) is 0 Å². The Morgan fingerprint density at radius 1 is 0.841 bits per heavy atom. The fourth-order valence-corrected chi connectivity index (χ4v) is 5.24. The number of rotatable bonds is 10. The van der Waals surface area contributed by atoms with Crippen molar-refractivity contribution in [2.24, 2.45) is 0 Å². The third kappa shape index (κ3) is 7.50. The Bertz CT molecular complexity index is 1390. The summed E-state index contributed by atoms with van der Waals surface area (Å²) in [7, 11) is 0. The van der Waals surface area contributed by atoms with E-state index in [0.717, 1.165) is 38.3 Å². The molecule has 3 aliphatic rings. The van der Waals surface area contributed by atoms with Gasteiger partial charge in [-0.25, -0.2) is 4.79 Å². The van der Waals surface area contributed by atoms with Crippen molar-refractivity contribution in [2.75, 3.05) is 13.2 Å². The first-order chi connectivity index (χ1) is 20.7. The van der Waals surface area contributed by atoms with Gasteiger partial charge in [0, 0.05) is 46.9 Å². The van der Waals surface area contributed by atoms with Gasteiger partial charge in [-0.05, 0) is 0 Å². The predicted octanol–water partition coefficient (Wildman–Crippen LogP) is -1.77. The summed E-state index contributed by atoms with van der Waals surface area (Å²) in [4.78, 5) is 85.6. The van der Waals surface area contributed by atoms with Crippen LogP contribution in [0.15, 0.2) is 21.9 Å². The van der Waals surface area contributed by atoms with Crippen molar-refractivity contribution < 1.29 is 66.6 Å². The molecule has 10 atom stereocenters. The molecule has 0 radical (unpaired) electrons. The summed E-state index contributed by atoms with van der Waals surface area (Å²) < 4.78 is 51.2. The number of H-pyrrole nitrogens is 1. The first-order valence-electron chi connectivity index (χ1n) is 13.5. The molecule has 0 spiro atoms. The zero-order valence-electron chi connectivity index (χ0n) is 24.3. The number of nitrogens with zero attached hydrogens (tertiary/aromatic N) is 1. The number of fused-ring (bicyclic) bond motifs is 1. The lowest BCUT2D eigenvalue weighted by Gasteiger charge is -2.29. The number of ether oxygens (including phenoxy) is 9. The maximum absolute atomic E-state index is 12.5. The summed E-state index contributed by atoms with van der Waals surface area (Å²) in [5.41, 5.74) is -1.46. The standard InChI is InChI=1S/C26H32N2O16/c1-10(29)38-16(19-21(39-11(2)30)23(41-13(4)32)25(44-19)42-14(5)33)9-36-15-8-37-20-18(15)43-24(22(20)40-12(3)31)28-7-6-17(34)27-26(28)35/h6-7,15-16,18-25H,8-9H2,1-5H3,(H,27,34,35)/t15-,16-,18-,19-,20+,21-,22-,23-,24-,25+/m1/s1. The van der Waals surface area contributed by atoms with Crippen molar-refractivity contribution in [3.05, 3.63) is 33.1 Å². The average Bonchev–Trinajstić information content (AvgIpc) is 3.55. The van der Waals surface area contributed by atoms with E-state index in [0.29, 0.717) is 0 Å². The summed E-state index contributed by atoms with van der Waals surface area (Å²) in [6.07, 6.45) is -10.7. The van der Waals surface area contributed by atoms with Crippen molar-refractivity contribution in [3.63, 3.8) is 0 Å². The molecule has 4 heterocycles. The maximum atomic E-state index is 12.5. The molecule has 0 amide bonds. The van der Waals surface area contributed by atoms with Crippen LogP contribution < -0.4 is 11.2 Å². The topological polar surface area (TPSA) is 223 Å². The number of hydrogen-bond acceptors (Lipinski definition) is 16. The molecule has 1 aromatic heterocycles. The summed E-state index contributed by atoms with van der Waals surface area (Å²) >= 11 is 0. The van der Waals surface area contributed by atoms with E-state index in [1.807, 2.05) is 0 Å². The first-order valence-corrected chi connectivity index (χ1v) is 13.5. The fraction of sp³-hybridized carbons (Fsp3) is 0.654. The second-order valence-electron chi connectivity index (χ2n) is 10.1. The Hall–Kier alpha value is -4.13. The zero-order valence-corrected chi connectivity index (χ0v) is 24.3. The Balaban J connectivity index is 1.56. The molecule has 0 aliphatic carbocycles. The van der Waals surface area contributed by atoms with Gasteiger partial charge in [-0.1, -0.05) is 0 Å². The van der Waals surface area contributed by atoms with Crippen LogP contribution in [0.4, 0.5) is 0 Å². The van der Waals surface area contributed by atoms with Crippen molar-refractivity contribution >= 4 is 29.8 Å². The molecule has 242 valence electrons. The SMILES string of the molecule is CC(=O)O[C@H]1O[C@H]([C@@H](CO[C@@H]2CO[C@@H]3[C@@H](OC(C)=O)[C@H](n4ccc(=O)[nH]c4=O)O[C@@H]32)OC(C)=O)[C@@H](OC(C)=O)[C@H]1OC(C)=O. The van der Waals surface area contributed by atoms with Gasteiger partial charge in [0.05, 0.1) is 13.2 Å². The molecular formula is C26H32N2O16. The normalized spacial score (nSPS) is 31.4. The predicted molar refractivity (Wildman–Crippen MR) is 137 cm³/mol. The minimum Gasteiger partial charge on any atom is -0.457 e. The van der Waals surface area contributed by atoms with E-state index in [9.17, 15) is 33.6 Å². The average molecular weight is 629 g/mol. The molecule has 18 nitrogen and oxygen atoms in total. The van der Waals surface area contributed by atoms with Crippen molar-refractivity contribution in [3.8, 4) is 0 Å². The molecule has 44 heavy (non-hydrogen) atoms. The number of carbonyl (C=O) groups excluding carboxylic acids is 5. The van der Waals surface area contributed by atoms with E-state index in [1.54, 1.807) is 0 Å². The Morgan fingerprint density at radius 2 is 1.45 bits per heavy atom. The van der Waals surface area contributed by atoms with Crippen LogP contribution in [0.2, 0.25) is 0 Å². The number of hydrogen-bond donors (Lipinski definition) is 1. The lowest BCUT2D eigenvalue weighted by Crippen LogP contribution is -2.47. The van der Waals surface area contributed by atoms with Crippen LogP contribution in [-0.4, -0.2) is 108 Å². The lowest BCUT2D eigenvalue weighted by atomic mass is 10.0. The molecule has 18 heteroatoms. The van der Waals surface area contributed by atoms with Gasteiger partial charge in [-0.2, -0.15) is 0 Å². The molecule has 0 bridgehead atoms. The lowest BCUT2D eigenvalue weighted by molar-refractivity contribution is -0.205. The van der Waals surface area contributed by atoms with Gasteiger partial charge in [0.25, 0.3) is 5.56 Å². The molecular weight excluding hydrogens is 596 g/mol. The number of esters is 5. The summed E-state index contributed by atoms with van der Waals surface area (Å²) in [5, 5.41) is 0. The second-order valence-corrected chi connectivity index (χ2v) is 10.1. The molecule has 1 N–H and O–H groups in total. The van der Waals surface area contributed by atoms with Crippen LogP contribution in [0.1, 0.15) is 40.8 Å². The largest absolute Gasteiger partial charge is 0.457 e. The molecule has 3 saturated heterocycles. The molecule has 0 aromatic carbocycles. The zero-order chi connectivity index (χ0) is 32.3. The van der Waals surface area contributed by atoms with Gasteiger partial charge < -0.3 is 42.6 Å². The third-order valence-corrected chi connectivity index (χ3v) is 6.72. The van der Waals surface area contributed by atoms with Crippen LogP contribution in [0.3, 0.4) is 0 Å². The maximum Gasteiger partial charge on any atom is 0.330 e. The van der Waals surface area contributed by atoms with E-state index in [-0.39, 0.29) is 6.61 Å². The van der Waals surface area contributed by atoms with Crippen LogP contribution in [-0.2, 0) is 66.6 Å². The van der Waals surface area contributed by atoms with Gasteiger partial charge in [-0.15, -0.1) is 0 Å². The highest BCUT2D eigenvalue weighted by Crippen LogP contribution is 2.39. The summed E-state index contributed by atoms with van der Waals surface area (Å²) in [6, 6.07) is 1.09.